The van der Waals surface area contributed by atoms with Crippen LogP contribution in [0.4, 0.5) is 0 Å². The number of methoxy groups -OCH3 is 1. The van der Waals surface area contributed by atoms with E-state index in [0.29, 0.717) is 11.7 Å². The summed E-state index contributed by atoms with van der Waals surface area (Å²) in [6, 6.07) is 7.42. The molecule has 0 aliphatic carbocycles. The minimum atomic E-state index is 0. The van der Waals surface area contributed by atoms with Crippen LogP contribution in [0.15, 0.2) is 29.3 Å². The first-order valence-electron chi connectivity index (χ1n) is 8.53. The van der Waals surface area contributed by atoms with E-state index in [1.54, 1.807) is 19.2 Å². The fourth-order valence-electron chi connectivity index (χ4n) is 2.95. The summed E-state index contributed by atoms with van der Waals surface area (Å²) in [7, 11) is 1.77. The molecule has 1 heterocycles. The van der Waals surface area contributed by atoms with E-state index in [-0.39, 0.29) is 24.0 Å². The van der Waals surface area contributed by atoms with Gasteiger partial charge in [0.15, 0.2) is 5.96 Å². The van der Waals surface area contributed by atoms with Crippen LogP contribution in [0.5, 0.6) is 5.75 Å². The van der Waals surface area contributed by atoms with Gasteiger partial charge in [-0.25, -0.2) is 0 Å². The van der Waals surface area contributed by atoms with Crippen molar-refractivity contribution in [2.45, 2.75) is 26.2 Å². The second-order valence-electron chi connectivity index (χ2n) is 6.06. The van der Waals surface area contributed by atoms with E-state index in [0.717, 1.165) is 51.6 Å². The van der Waals surface area contributed by atoms with Crippen molar-refractivity contribution in [3.05, 3.63) is 29.8 Å². The number of nitrogens with one attached hydrogen (secondary N) is 1. The second kappa shape index (κ2) is 11.5. The molecule has 2 N–H and O–H groups in total. The lowest BCUT2D eigenvalue weighted by molar-refractivity contribution is 0.157. The number of halogens is 1. The topological polar surface area (TPSA) is 57.1 Å². The van der Waals surface area contributed by atoms with Crippen molar-refractivity contribution in [1.82, 2.24) is 10.2 Å². The maximum atomic E-state index is 9.30. The van der Waals surface area contributed by atoms with Gasteiger partial charge in [0, 0.05) is 39.2 Å². The number of phenols is 1. The molecule has 0 saturated carbocycles. The summed E-state index contributed by atoms with van der Waals surface area (Å²) in [6.45, 7) is 6.72. The number of aryl methyl sites for hydroxylation is 1. The molecule has 1 atom stereocenters. The highest BCUT2D eigenvalue weighted by atomic mass is 127. The SMILES string of the molecule is CCNC(=NCCCc1ccc(O)cc1)N1CCC(COC)C1.I. The number of aliphatic imine (C=N–C) groups is 1. The van der Waals surface area contributed by atoms with Gasteiger partial charge in [0.1, 0.15) is 5.75 Å². The summed E-state index contributed by atoms with van der Waals surface area (Å²) < 4.78 is 5.26. The molecule has 1 aromatic rings. The fraction of sp³-hybridized carbons (Fsp3) is 0.611. The molecule has 0 radical (unpaired) electrons. The molecule has 0 bridgehead atoms. The Balaban J connectivity index is 0.00000288. The van der Waals surface area contributed by atoms with Crippen molar-refractivity contribution in [1.29, 1.82) is 0 Å². The average Bonchev–Trinajstić information content (AvgIpc) is 3.01. The number of rotatable bonds is 7. The van der Waals surface area contributed by atoms with Crippen LogP contribution in [0.2, 0.25) is 0 Å². The first-order chi connectivity index (χ1) is 11.2. The zero-order chi connectivity index (χ0) is 16.5. The number of aromatic hydroxyl groups is 1. The quantitative estimate of drug-likeness (QED) is 0.292. The zero-order valence-corrected chi connectivity index (χ0v) is 17.0. The lowest BCUT2D eigenvalue weighted by Crippen LogP contribution is -2.40. The number of phenolic OH excluding ortho intramolecular Hbond substituents is 1. The summed E-state index contributed by atoms with van der Waals surface area (Å²) in [5.41, 5.74) is 1.24. The molecule has 1 aliphatic rings. The number of nitrogens with zero attached hydrogens (tertiary/aromatic N) is 2. The fourth-order valence-corrected chi connectivity index (χ4v) is 2.95. The van der Waals surface area contributed by atoms with Crippen LogP contribution in [-0.4, -0.2) is 55.9 Å². The number of likely N-dealkylation sites (tertiary alicyclic amines) is 1. The Morgan fingerprint density at radius 2 is 2.12 bits per heavy atom. The van der Waals surface area contributed by atoms with Crippen molar-refractivity contribution in [2.24, 2.45) is 10.9 Å². The van der Waals surface area contributed by atoms with Gasteiger partial charge in [0.25, 0.3) is 0 Å². The van der Waals surface area contributed by atoms with Gasteiger partial charge in [0.05, 0.1) is 6.61 Å². The van der Waals surface area contributed by atoms with Crippen LogP contribution in [-0.2, 0) is 11.2 Å². The van der Waals surface area contributed by atoms with Crippen LogP contribution >= 0.6 is 24.0 Å². The summed E-state index contributed by atoms with van der Waals surface area (Å²) in [5.74, 6) is 1.96. The molecule has 0 spiro atoms. The van der Waals surface area contributed by atoms with E-state index < -0.39 is 0 Å². The number of hydrogen-bond acceptors (Lipinski definition) is 3. The molecule has 6 heteroatoms. The third-order valence-corrected chi connectivity index (χ3v) is 4.14. The van der Waals surface area contributed by atoms with Crippen LogP contribution < -0.4 is 5.32 Å². The minimum Gasteiger partial charge on any atom is -0.508 e. The molecule has 24 heavy (non-hydrogen) atoms. The minimum absolute atomic E-state index is 0. The van der Waals surface area contributed by atoms with Gasteiger partial charge in [-0.05, 0) is 43.9 Å². The smallest absolute Gasteiger partial charge is 0.193 e. The van der Waals surface area contributed by atoms with Gasteiger partial charge in [-0.3, -0.25) is 4.99 Å². The second-order valence-corrected chi connectivity index (χ2v) is 6.06. The van der Waals surface area contributed by atoms with Crippen LogP contribution in [0.1, 0.15) is 25.3 Å². The Morgan fingerprint density at radius 1 is 1.38 bits per heavy atom. The summed E-state index contributed by atoms with van der Waals surface area (Å²) >= 11 is 0. The highest BCUT2D eigenvalue weighted by Gasteiger charge is 2.24. The summed E-state index contributed by atoms with van der Waals surface area (Å²) in [4.78, 5) is 7.10. The molecule has 136 valence electrons. The Bertz CT molecular complexity index is 494. The van der Waals surface area contributed by atoms with Crippen molar-refractivity contribution in [3.8, 4) is 5.75 Å². The van der Waals surface area contributed by atoms with Gasteiger partial charge < -0.3 is 20.1 Å². The van der Waals surface area contributed by atoms with Crippen molar-refractivity contribution < 1.29 is 9.84 Å². The molecule has 0 aromatic heterocycles. The molecule has 1 aromatic carbocycles. The van der Waals surface area contributed by atoms with Gasteiger partial charge in [0.2, 0.25) is 0 Å². The molecule has 2 rings (SSSR count). The Morgan fingerprint density at radius 3 is 2.79 bits per heavy atom. The van der Waals surface area contributed by atoms with Crippen LogP contribution in [0.3, 0.4) is 0 Å². The van der Waals surface area contributed by atoms with Gasteiger partial charge in [-0.15, -0.1) is 24.0 Å². The van der Waals surface area contributed by atoms with Crippen molar-refractivity contribution >= 4 is 29.9 Å². The Labute approximate surface area is 162 Å². The summed E-state index contributed by atoms with van der Waals surface area (Å²) in [5, 5.41) is 12.7. The number of benzene rings is 1. The first kappa shape index (κ1) is 21.0. The normalized spacial score (nSPS) is 17.7. The standard InChI is InChI=1S/C18H29N3O2.HI/c1-3-19-18(21-12-10-16(13-21)14-23-2)20-11-4-5-15-6-8-17(22)9-7-15;/h6-9,16,22H,3-5,10-14H2,1-2H3,(H,19,20);1H. The number of hydrogen-bond donors (Lipinski definition) is 2. The summed E-state index contributed by atoms with van der Waals surface area (Å²) in [6.07, 6.45) is 3.16. The monoisotopic (exact) mass is 447 g/mol. The molecule has 1 aliphatic heterocycles. The van der Waals surface area contributed by atoms with E-state index >= 15 is 0 Å². The van der Waals surface area contributed by atoms with Gasteiger partial charge >= 0.3 is 0 Å². The number of guanidine groups is 1. The molecular weight excluding hydrogens is 417 g/mol. The van der Waals surface area contributed by atoms with E-state index in [1.807, 2.05) is 12.1 Å². The average molecular weight is 447 g/mol. The Kier molecular flexibility index (Phi) is 10.1. The highest BCUT2D eigenvalue weighted by Crippen LogP contribution is 2.16. The lowest BCUT2D eigenvalue weighted by atomic mass is 10.1. The predicted octanol–water partition coefficient (Wildman–Crippen LogP) is 2.88. The molecule has 1 saturated heterocycles. The van der Waals surface area contributed by atoms with Crippen molar-refractivity contribution in [3.63, 3.8) is 0 Å². The van der Waals surface area contributed by atoms with Gasteiger partial charge in [-0.1, -0.05) is 12.1 Å². The maximum absolute atomic E-state index is 9.30. The highest BCUT2D eigenvalue weighted by molar-refractivity contribution is 14.0. The molecular formula is C18H30IN3O2. The Hall–Kier alpha value is -1.02. The molecule has 1 unspecified atom stereocenters. The molecule has 1 fully saturated rings. The van der Waals surface area contributed by atoms with Gasteiger partial charge in [-0.2, -0.15) is 0 Å². The third-order valence-electron chi connectivity index (χ3n) is 4.14. The van der Waals surface area contributed by atoms with Crippen LogP contribution in [0, 0.1) is 5.92 Å². The zero-order valence-electron chi connectivity index (χ0n) is 14.7. The number of ether oxygens (including phenoxy) is 1. The van der Waals surface area contributed by atoms with E-state index in [4.69, 9.17) is 9.73 Å². The third kappa shape index (κ3) is 6.84. The van der Waals surface area contributed by atoms with Crippen LogP contribution in [0.25, 0.3) is 0 Å². The van der Waals surface area contributed by atoms with E-state index in [9.17, 15) is 5.11 Å². The predicted molar refractivity (Wildman–Crippen MR) is 109 cm³/mol. The maximum Gasteiger partial charge on any atom is 0.193 e. The largest absolute Gasteiger partial charge is 0.508 e. The first-order valence-corrected chi connectivity index (χ1v) is 8.53. The molecule has 5 nitrogen and oxygen atoms in total. The van der Waals surface area contributed by atoms with Crippen molar-refractivity contribution in [2.75, 3.05) is 39.9 Å². The molecule has 0 amide bonds. The van der Waals surface area contributed by atoms with E-state index in [2.05, 4.69) is 17.1 Å². The lowest BCUT2D eigenvalue weighted by Gasteiger charge is -2.21. The van der Waals surface area contributed by atoms with E-state index in [1.165, 1.54) is 12.0 Å².